The van der Waals surface area contributed by atoms with E-state index in [0.717, 1.165) is 22.6 Å². The summed E-state index contributed by atoms with van der Waals surface area (Å²) in [6, 6.07) is 9.14. The zero-order chi connectivity index (χ0) is 14.8. The molecule has 6 heteroatoms. The van der Waals surface area contributed by atoms with Crippen LogP contribution in [0.2, 0.25) is 5.02 Å². The summed E-state index contributed by atoms with van der Waals surface area (Å²) in [6.45, 7) is 2.48. The van der Waals surface area contributed by atoms with Crippen LogP contribution in [0.3, 0.4) is 0 Å². The molecular weight excluding hydrogens is 286 g/mol. The number of hydrogen-bond acceptors (Lipinski definition) is 4. The van der Waals surface area contributed by atoms with Crippen LogP contribution in [0.15, 0.2) is 36.7 Å². The molecule has 0 radical (unpaired) electrons. The number of hydrogen-bond donors (Lipinski definition) is 1. The maximum atomic E-state index is 8.92. The number of rotatable bonds is 3. The number of nitriles is 1. The standard InChI is InChI=1S/C15H12ClN5/c1-10-4-15-19-8-12(9-21(15)20-10)7-18-14-5-11(6-17)2-3-13(14)16/h2-5,8-9,18H,7H2,1H3. The first kappa shape index (κ1) is 13.4. The van der Waals surface area contributed by atoms with Crippen LogP contribution in [-0.4, -0.2) is 14.6 Å². The van der Waals surface area contributed by atoms with Crippen molar-refractivity contribution in [1.82, 2.24) is 14.6 Å². The highest BCUT2D eigenvalue weighted by atomic mass is 35.5. The molecule has 0 saturated heterocycles. The second kappa shape index (κ2) is 5.43. The largest absolute Gasteiger partial charge is 0.380 e. The van der Waals surface area contributed by atoms with E-state index >= 15 is 0 Å². The summed E-state index contributed by atoms with van der Waals surface area (Å²) in [4.78, 5) is 4.35. The van der Waals surface area contributed by atoms with Crippen LogP contribution >= 0.6 is 11.6 Å². The minimum absolute atomic E-state index is 0.552. The Balaban J connectivity index is 1.81. The molecule has 3 aromatic rings. The number of fused-ring (bicyclic) bond motifs is 1. The molecule has 2 aromatic heterocycles. The highest BCUT2D eigenvalue weighted by molar-refractivity contribution is 6.33. The van der Waals surface area contributed by atoms with Crippen molar-refractivity contribution in [2.24, 2.45) is 0 Å². The predicted octanol–water partition coefficient (Wildman–Crippen LogP) is 3.17. The molecule has 1 aromatic carbocycles. The van der Waals surface area contributed by atoms with Crippen molar-refractivity contribution >= 4 is 22.9 Å². The molecule has 0 aliphatic carbocycles. The molecule has 5 nitrogen and oxygen atoms in total. The van der Waals surface area contributed by atoms with E-state index in [1.807, 2.05) is 19.2 Å². The van der Waals surface area contributed by atoms with E-state index < -0.39 is 0 Å². The summed E-state index contributed by atoms with van der Waals surface area (Å²) in [5.41, 5.74) is 4.02. The third-order valence-electron chi connectivity index (χ3n) is 3.07. The average Bonchev–Trinajstić information content (AvgIpc) is 2.85. The molecule has 0 amide bonds. The Kier molecular flexibility index (Phi) is 3.46. The molecule has 0 bridgehead atoms. The first-order valence-corrected chi connectivity index (χ1v) is 6.78. The smallest absolute Gasteiger partial charge is 0.155 e. The number of halogens is 1. The maximum absolute atomic E-state index is 8.92. The SMILES string of the molecule is Cc1cc2ncc(CNc3cc(C#N)ccc3Cl)cn2n1. The van der Waals surface area contributed by atoms with Gasteiger partial charge in [-0.25, -0.2) is 9.50 Å². The van der Waals surface area contributed by atoms with Gasteiger partial charge in [-0.2, -0.15) is 10.4 Å². The summed E-state index contributed by atoms with van der Waals surface area (Å²) >= 11 is 6.11. The number of nitrogens with one attached hydrogen (secondary N) is 1. The molecule has 2 heterocycles. The minimum Gasteiger partial charge on any atom is -0.380 e. The molecule has 0 fully saturated rings. The predicted molar refractivity (Wildman–Crippen MR) is 81.2 cm³/mol. The molecule has 0 unspecified atom stereocenters. The summed E-state index contributed by atoms with van der Waals surface area (Å²) in [7, 11) is 0. The van der Waals surface area contributed by atoms with E-state index in [0.29, 0.717) is 17.1 Å². The molecule has 21 heavy (non-hydrogen) atoms. The van der Waals surface area contributed by atoms with Crippen LogP contribution in [-0.2, 0) is 6.54 Å². The fourth-order valence-electron chi connectivity index (χ4n) is 2.05. The van der Waals surface area contributed by atoms with E-state index in [4.69, 9.17) is 16.9 Å². The Morgan fingerprint density at radius 3 is 3.05 bits per heavy atom. The molecule has 3 rings (SSSR count). The molecule has 0 saturated carbocycles. The molecular formula is C15H12ClN5. The van der Waals surface area contributed by atoms with E-state index in [1.54, 1.807) is 28.9 Å². The summed E-state index contributed by atoms with van der Waals surface area (Å²) in [5, 5.41) is 17.0. The van der Waals surface area contributed by atoms with E-state index in [1.165, 1.54) is 0 Å². The van der Waals surface area contributed by atoms with Gasteiger partial charge in [-0.3, -0.25) is 0 Å². The van der Waals surface area contributed by atoms with Gasteiger partial charge in [0.2, 0.25) is 0 Å². The first-order valence-electron chi connectivity index (χ1n) is 6.40. The Labute approximate surface area is 126 Å². The van der Waals surface area contributed by atoms with Crippen LogP contribution in [0.25, 0.3) is 5.65 Å². The number of benzene rings is 1. The van der Waals surface area contributed by atoms with Gasteiger partial charge in [-0.05, 0) is 25.1 Å². The highest BCUT2D eigenvalue weighted by Gasteiger charge is 2.04. The van der Waals surface area contributed by atoms with Crippen molar-refractivity contribution in [3.05, 3.63) is 58.5 Å². The summed E-state index contributed by atoms with van der Waals surface area (Å²) < 4.78 is 1.75. The van der Waals surface area contributed by atoms with E-state index in [9.17, 15) is 0 Å². The zero-order valence-electron chi connectivity index (χ0n) is 11.3. The van der Waals surface area contributed by atoms with Gasteiger partial charge in [0.1, 0.15) is 0 Å². The van der Waals surface area contributed by atoms with Crippen LogP contribution < -0.4 is 5.32 Å². The number of anilines is 1. The van der Waals surface area contributed by atoms with E-state index in [-0.39, 0.29) is 0 Å². The average molecular weight is 298 g/mol. The van der Waals surface area contributed by atoms with Crippen molar-refractivity contribution < 1.29 is 0 Å². The van der Waals surface area contributed by atoms with Gasteiger partial charge in [-0.1, -0.05) is 11.6 Å². The number of aromatic nitrogens is 3. The van der Waals surface area contributed by atoms with Gasteiger partial charge in [0, 0.05) is 30.6 Å². The Morgan fingerprint density at radius 2 is 2.24 bits per heavy atom. The topological polar surface area (TPSA) is 66.0 Å². The van der Waals surface area contributed by atoms with Crippen LogP contribution in [0.4, 0.5) is 5.69 Å². The van der Waals surface area contributed by atoms with Gasteiger partial charge < -0.3 is 5.32 Å². The Hall–Kier alpha value is -2.58. The van der Waals surface area contributed by atoms with E-state index in [2.05, 4.69) is 21.5 Å². The summed E-state index contributed by atoms with van der Waals surface area (Å²) in [5.74, 6) is 0. The minimum atomic E-state index is 0.552. The molecule has 0 aliphatic heterocycles. The Bertz CT molecular complexity index is 847. The lowest BCUT2D eigenvalue weighted by Gasteiger charge is -2.08. The van der Waals surface area contributed by atoms with Crippen molar-refractivity contribution in [2.75, 3.05) is 5.32 Å². The lowest BCUT2D eigenvalue weighted by Crippen LogP contribution is -2.03. The van der Waals surface area contributed by atoms with Crippen LogP contribution in [0.1, 0.15) is 16.8 Å². The van der Waals surface area contributed by atoms with Gasteiger partial charge >= 0.3 is 0 Å². The second-order valence-corrected chi connectivity index (χ2v) is 5.12. The third-order valence-corrected chi connectivity index (χ3v) is 3.40. The summed E-state index contributed by atoms with van der Waals surface area (Å²) in [6.07, 6.45) is 3.72. The fourth-order valence-corrected chi connectivity index (χ4v) is 2.24. The number of aryl methyl sites for hydroxylation is 1. The second-order valence-electron chi connectivity index (χ2n) is 4.71. The molecule has 104 valence electrons. The van der Waals surface area contributed by atoms with Gasteiger partial charge in [0.05, 0.1) is 28.0 Å². The van der Waals surface area contributed by atoms with Crippen molar-refractivity contribution in [2.45, 2.75) is 13.5 Å². The molecule has 0 atom stereocenters. The lowest BCUT2D eigenvalue weighted by atomic mass is 10.2. The molecule has 1 N–H and O–H groups in total. The van der Waals surface area contributed by atoms with Crippen molar-refractivity contribution in [3.63, 3.8) is 0 Å². The normalized spacial score (nSPS) is 10.5. The maximum Gasteiger partial charge on any atom is 0.155 e. The van der Waals surface area contributed by atoms with Crippen molar-refractivity contribution in [1.29, 1.82) is 5.26 Å². The zero-order valence-corrected chi connectivity index (χ0v) is 12.1. The van der Waals surface area contributed by atoms with Gasteiger partial charge in [0.25, 0.3) is 0 Å². The van der Waals surface area contributed by atoms with Crippen molar-refractivity contribution in [3.8, 4) is 6.07 Å². The van der Waals surface area contributed by atoms with Gasteiger partial charge in [0.15, 0.2) is 5.65 Å². The molecule has 0 spiro atoms. The Morgan fingerprint density at radius 1 is 1.38 bits per heavy atom. The highest BCUT2D eigenvalue weighted by Crippen LogP contribution is 2.23. The quantitative estimate of drug-likeness (QED) is 0.806. The molecule has 0 aliphatic rings. The lowest BCUT2D eigenvalue weighted by molar-refractivity contribution is 0.895. The number of nitrogens with zero attached hydrogens (tertiary/aromatic N) is 4. The first-order chi connectivity index (χ1) is 10.2. The third kappa shape index (κ3) is 2.81. The monoisotopic (exact) mass is 297 g/mol. The van der Waals surface area contributed by atoms with Gasteiger partial charge in [-0.15, -0.1) is 0 Å². The van der Waals surface area contributed by atoms with Crippen LogP contribution in [0, 0.1) is 18.3 Å². The van der Waals surface area contributed by atoms with Crippen LogP contribution in [0.5, 0.6) is 0 Å². The fraction of sp³-hybridized carbons (Fsp3) is 0.133.